The summed E-state index contributed by atoms with van der Waals surface area (Å²) in [6, 6.07) is 24.2. The van der Waals surface area contributed by atoms with Gasteiger partial charge in [0.2, 0.25) is 0 Å². The molecule has 3 aromatic carbocycles. The molecule has 0 aliphatic carbocycles. The fourth-order valence-electron chi connectivity index (χ4n) is 3.87. The molecular weight excluding hydrogens is 471 g/mol. The van der Waals surface area contributed by atoms with Crippen LogP contribution in [0.2, 0.25) is 0 Å². The summed E-state index contributed by atoms with van der Waals surface area (Å²) in [4.78, 5) is 21.6. The minimum absolute atomic E-state index is 0.161. The Balaban J connectivity index is 1.25. The highest BCUT2D eigenvalue weighted by molar-refractivity contribution is 7.98. The zero-order valence-electron chi connectivity index (χ0n) is 19.8. The molecule has 180 valence electrons. The van der Waals surface area contributed by atoms with E-state index >= 15 is 0 Å². The van der Waals surface area contributed by atoms with Gasteiger partial charge >= 0.3 is 0 Å². The van der Waals surface area contributed by atoms with Gasteiger partial charge in [-0.2, -0.15) is 0 Å². The first-order valence-electron chi connectivity index (χ1n) is 11.7. The number of rotatable bonds is 8. The second-order valence-electron chi connectivity index (χ2n) is 8.63. The van der Waals surface area contributed by atoms with Crippen molar-refractivity contribution < 1.29 is 9.18 Å². The first kappa shape index (κ1) is 23.8. The lowest BCUT2D eigenvalue weighted by molar-refractivity contribution is 0.0951. The van der Waals surface area contributed by atoms with Crippen LogP contribution in [0.3, 0.4) is 0 Å². The molecule has 0 fully saturated rings. The first-order valence-corrected chi connectivity index (χ1v) is 12.6. The van der Waals surface area contributed by atoms with Gasteiger partial charge in [0.05, 0.1) is 23.8 Å². The molecule has 2 aromatic heterocycles. The molecule has 1 amide bonds. The number of nitrogens with zero attached hydrogens (tertiary/aromatic N) is 3. The quantitative estimate of drug-likeness (QED) is 0.262. The van der Waals surface area contributed by atoms with E-state index in [1.807, 2.05) is 36.5 Å². The van der Waals surface area contributed by atoms with Crippen molar-refractivity contribution >= 4 is 28.7 Å². The molecule has 2 heterocycles. The normalized spacial score (nSPS) is 11.1. The summed E-state index contributed by atoms with van der Waals surface area (Å²) in [7, 11) is 0. The van der Waals surface area contributed by atoms with Gasteiger partial charge in [-0.1, -0.05) is 65.9 Å². The van der Waals surface area contributed by atoms with E-state index in [2.05, 4.69) is 46.1 Å². The number of nitrogens with one attached hydrogen (secondary N) is 1. The van der Waals surface area contributed by atoms with Gasteiger partial charge in [0.25, 0.3) is 5.91 Å². The highest BCUT2D eigenvalue weighted by atomic mass is 32.2. The number of hydrogen-bond acceptors (Lipinski definition) is 4. The average Bonchev–Trinajstić information content (AvgIpc) is 3.25. The molecular formula is C29H25FN4OS. The second-order valence-corrected chi connectivity index (χ2v) is 9.57. The van der Waals surface area contributed by atoms with E-state index in [1.54, 1.807) is 30.1 Å². The van der Waals surface area contributed by atoms with E-state index in [-0.39, 0.29) is 11.7 Å². The predicted molar refractivity (Wildman–Crippen MR) is 141 cm³/mol. The number of hydrogen-bond donors (Lipinski definition) is 1. The van der Waals surface area contributed by atoms with E-state index in [0.717, 1.165) is 39.6 Å². The Bertz CT molecular complexity index is 1480. The number of imidazole rings is 1. The first-order chi connectivity index (χ1) is 17.5. The molecule has 0 aliphatic rings. The Morgan fingerprint density at radius 1 is 0.917 bits per heavy atom. The summed E-state index contributed by atoms with van der Waals surface area (Å²) in [5, 5.41) is 3.81. The second kappa shape index (κ2) is 10.7. The van der Waals surface area contributed by atoms with Crippen LogP contribution in [0.15, 0.2) is 96.4 Å². The standard InChI is InChI=1S/C29H25FN4OS/c1-20-2-4-22(5-3-20)18-34-27-17-31-15-14-26(27)33-29(34)36-19-23-6-10-24(11-7-23)28(35)32-16-21-8-12-25(30)13-9-21/h2-15,17H,16,18-19H2,1H3,(H,32,35). The Kier molecular flexibility index (Phi) is 7.09. The van der Waals surface area contributed by atoms with Crippen LogP contribution in [0.25, 0.3) is 11.0 Å². The smallest absolute Gasteiger partial charge is 0.251 e. The molecule has 5 rings (SSSR count). The fourth-order valence-corrected chi connectivity index (χ4v) is 4.84. The van der Waals surface area contributed by atoms with Crippen molar-refractivity contribution in [3.05, 3.63) is 125 Å². The fraction of sp³-hybridized carbons (Fsp3) is 0.138. The molecule has 0 radical (unpaired) electrons. The van der Waals surface area contributed by atoms with Crippen molar-refractivity contribution in [2.24, 2.45) is 0 Å². The molecule has 5 nitrogen and oxygen atoms in total. The van der Waals surface area contributed by atoms with Gasteiger partial charge in [-0.05, 0) is 53.9 Å². The highest BCUT2D eigenvalue weighted by Gasteiger charge is 2.13. The number of aryl methyl sites for hydroxylation is 1. The van der Waals surface area contributed by atoms with Crippen molar-refractivity contribution in [1.82, 2.24) is 19.9 Å². The molecule has 0 saturated heterocycles. The lowest BCUT2D eigenvalue weighted by atomic mass is 10.1. The number of pyridine rings is 1. The zero-order valence-corrected chi connectivity index (χ0v) is 20.6. The largest absolute Gasteiger partial charge is 0.348 e. The Hall–Kier alpha value is -3.97. The maximum atomic E-state index is 13.0. The Labute approximate surface area is 213 Å². The van der Waals surface area contributed by atoms with Crippen LogP contribution < -0.4 is 5.32 Å². The summed E-state index contributed by atoms with van der Waals surface area (Å²) in [6.45, 7) is 3.16. The Morgan fingerprint density at radius 3 is 2.36 bits per heavy atom. The molecule has 0 aliphatic heterocycles. The van der Waals surface area contributed by atoms with E-state index < -0.39 is 0 Å². The topological polar surface area (TPSA) is 59.8 Å². The number of aromatic nitrogens is 3. The van der Waals surface area contributed by atoms with Crippen LogP contribution >= 0.6 is 11.8 Å². The van der Waals surface area contributed by atoms with Gasteiger partial charge in [0.1, 0.15) is 5.82 Å². The Morgan fingerprint density at radius 2 is 1.61 bits per heavy atom. The monoisotopic (exact) mass is 496 g/mol. The average molecular weight is 497 g/mol. The number of benzene rings is 3. The molecule has 0 saturated carbocycles. The van der Waals surface area contributed by atoms with Crippen LogP contribution in [0.4, 0.5) is 4.39 Å². The van der Waals surface area contributed by atoms with Crippen molar-refractivity contribution in [3.63, 3.8) is 0 Å². The molecule has 1 N–H and O–H groups in total. The van der Waals surface area contributed by atoms with Gasteiger partial charge in [0.15, 0.2) is 5.16 Å². The van der Waals surface area contributed by atoms with Gasteiger partial charge in [-0.25, -0.2) is 9.37 Å². The number of thioether (sulfide) groups is 1. The molecule has 36 heavy (non-hydrogen) atoms. The summed E-state index contributed by atoms with van der Waals surface area (Å²) in [6.07, 6.45) is 3.62. The molecule has 5 aromatic rings. The highest BCUT2D eigenvalue weighted by Crippen LogP contribution is 2.27. The third-order valence-corrected chi connectivity index (χ3v) is 6.97. The van der Waals surface area contributed by atoms with E-state index in [4.69, 9.17) is 4.98 Å². The van der Waals surface area contributed by atoms with E-state index in [9.17, 15) is 9.18 Å². The van der Waals surface area contributed by atoms with Gasteiger partial charge in [-0.15, -0.1) is 0 Å². The lowest BCUT2D eigenvalue weighted by Gasteiger charge is -2.10. The summed E-state index contributed by atoms with van der Waals surface area (Å²) < 4.78 is 15.3. The number of carbonyl (C=O) groups excluding carboxylic acids is 1. The predicted octanol–water partition coefficient (Wildman–Crippen LogP) is 6.15. The maximum Gasteiger partial charge on any atom is 0.251 e. The van der Waals surface area contributed by atoms with Crippen LogP contribution in [0.5, 0.6) is 0 Å². The maximum absolute atomic E-state index is 13.0. The minimum atomic E-state index is -0.291. The van der Waals surface area contributed by atoms with Gasteiger partial charge < -0.3 is 9.88 Å². The van der Waals surface area contributed by atoms with Crippen LogP contribution in [0, 0.1) is 12.7 Å². The van der Waals surface area contributed by atoms with E-state index in [1.165, 1.54) is 23.3 Å². The summed E-state index contributed by atoms with van der Waals surface area (Å²) >= 11 is 1.66. The molecule has 0 unspecified atom stereocenters. The molecule has 0 bridgehead atoms. The molecule has 0 spiro atoms. The van der Waals surface area contributed by atoms with Crippen LogP contribution in [0.1, 0.15) is 32.6 Å². The number of halogens is 1. The third kappa shape index (κ3) is 5.63. The lowest BCUT2D eigenvalue weighted by Crippen LogP contribution is -2.22. The SMILES string of the molecule is Cc1ccc(Cn2c(SCc3ccc(C(=O)NCc4ccc(F)cc4)cc3)nc3ccncc32)cc1. The minimum Gasteiger partial charge on any atom is -0.348 e. The van der Waals surface area contributed by atoms with Crippen molar-refractivity contribution in [2.45, 2.75) is 30.9 Å². The van der Waals surface area contributed by atoms with Crippen molar-refractivity contribution in [1.29, 1.82) is 0 Å². The van der Waals surface area contributed by atoms with Crippen LogP contribution in [-0.4, -0.2) is 20.4 Å². The van der Waals surface area contributed by atoms with Gasteiger partial charge in [-0.3, -0.25) is 9.78 Å². The van der Waals surface area contributed by atoms with Crippen molar-refractivity contribution in [3.8, 4) is 0 Å². The number of fused-ring (bicyclic) bond motifs is 1. The molecule has 0 atom stereocenters. The van der Waals surface area contributed by atoms with E-state index in [0.29, 0.717) is 12.1 Å². The zero-order chi connectivity index (χ0) is 24.9. The van der Waals surface area contributed by atoms with Crippen LogP contribution in [-0.2, 0) is 18.8 Å². The summed E-state index contributed by atoms with van der Waals surface area (Å²) in [5.74, 6) is 0.272. The molecule has 7 heteroatoms. The van der Waals surface area contributed by atoms with Gasteiger partial charge in [0, 0.05) is 24.1 Å². The van der Waals surface area contributed by atoms with Crippen molar-refractivity contribution in [2.75, 3.05) is 0 Å². The third-order valence-electron chi connectivity index (χ3n) is 5.93. The summed E-state index contributed by atoms with van der Waals surface area (Å²) in [5.41, 5.74) is 6.91. The number of amides is 1. The number of carbonyl (C=O) groups is 1.